The monoisotopic (exact) mass is 554 g/mol. The number of piperidine rings is 1. The number of carbonyl (C=O) groups is 2. The number of amides is 2. The van der Waals surface area contributed by atoms with Gasteiger partial charge in [0.05, 0.1) is 10.4 Å². The highest BCUT2D eigenvalue weighted by Crippen LogP contribution is 2.36. The Morgan fingerprint density at radius 3 is 2.77 bits per heavy atom. The van der Waals surface area contributed by atoms with E-state index in [1.54, 1.807) is 23.1 Å². The van der Waals surface area contributed by atoms with Gasteiger partial charge in [0.25, 0.3) is 11.8 Å². The van der Waals surface area contributed by atoms with Crippen molar-refractivity contribution in [2.75, 3.05) is 13.1 Å². The first kappa shape index (κ1) is 23.7. The number of likely N-dealkylation sites (tertiary alicyclic amines) is 1. The Kier molecular flexibility index (Phi) is 6.71. The normalized spacial score (nSPS) is 16.0. The molecule has 2 amide bonds. The molecule has 1 aliphatic rings. The van der Waals surface area contributed by atoms with Crippen molar-refractivity contribution in [3.63, 3.8) is 0 Å². The fourth-order valence-electron chi connectivity index (χ4n) is 4.71. The number of fused-ring (bicyclic) bond motifs is 1. The van der Waals surface area contributed by atoms with E-state index in [0.717, 1.165) is 30.2 Å². The lowest BCUT2D eigenvalue weighted by molar-refractivity contribution is 0.0598. The minimum atomic E-state index is -0.393. The van der Waals surface area contributed by atoms with Gasteiger partial charge in [0, 0.05) is 48.8 Å². The number of halogens is 2. The molecule has 2 aromatic heterocycles. The van der Waals surface area contributed by atoms with Gasteiger partial charge in [-0.3, -0.25) is 9.59 Å². The van der Waals surface area contributed by atoms with Gasteiger partial charge in [-0.1, -0.05) is 36.4 Å². The van der Waals surface area contributed by atoms with Crippen LogP contribution in [-0.4, -0.2) is 45.4 Å². The van der Waals surface area contributed by atoms with Crippen LogP contribution in [0.4, 0.5) is 4.39 Å². The second-order valence-corrected chi connectivity index (χ2v) is 10.9. The van der Waals surface area contributed by atoms with E-state index in [9.17, 15) is 14.0 Å². The quantitative estimate of drug-likeness (QED) is 0.347. The third-order valence-corrected chi connectivity index (χ3v) is 7.99. The molecular weight excluding hydrogens is 531 g/mol. The fraction of sp³-hybridized carbons (Fsp3) is 0.269. The minimum Gasteiger partial charge on any atom is -0.350 e. The van der Waals surface area contributed by atoms with E-state index in [-0.39, 0.29) is 23.6 Å². The van der Waals surface area contributed by atoms with Gasteiger partial charge in [-0.25, -0.2) is 9.37 Å². The highest BCUT2D eigenvalue weighted by atomic mass is 79.9. The summed E-state index contributed by atoms with van der Waals surface area (Å²) in [6.45, 7) is 0.910. The molecule has 3 heterocycles. The molecule has 0 spiro atoms. The van der Waals surface area contributed by atoms with Crippen molar-refractivity contribution in [2.45, 2.75) is 25.3 Å². The molecule has 1 N–H and O–H groups in total. The van der Waals surface area contributed by atoms with Gasteiger partial charge in [0.2, 0.25) is 0 Å². The molecule has 1 saturated heterocycles. The largest absolute Gasteiger partial charge is 0.350 e. The van der Waals surface area contributed by atoms with Crippen molar-refractivity contribution in [1.82, 2.24) is 19.8 Å². The van der Waals surface area contributed by atoms with Gasteiger partial charge in [0.15, 0.2) is 3.92 Å². The van der Waals surface area contributed by atoms with Crippen LogP contribution in [0.15, 0.2) is 58.6 Å². The third kappa shape index (κ3) is 4.62. The Balaban J connectivity index is 1.37. The van der Waals surface area contributed by atoms with Gasteiger partial charge in [0.1, 0.15) is 11.5 Å². The van der Waals surface area contributed by atoms with Crippen LogP contribution in [0, 0.1) is 5.82 Å². The molecule has 0 saturated carbocycles. The Bertz CT molecular complexity index is 1420. The highest BCUT2D eigenvalue weighted by Gasteiger charge is 2.32. The molecule has 5 rings (SSSR count). The number of rotatable bonds is 5. The second-order valence-electron chi connectivity index (χ2n) is 8.65. The summed E-state index contributed by atoms with van der Waals surface area (Å²) in [5.74, 6) is -0.798. The number of aryl methyl sites for hydroxylation is 1. The van der Waals surface area contributed by atoms with Crippen molar-refractivity contribution in [2.24, 2.45) is 7.05 Å². The molecule has 2 aromatic carbocycles. The number of nitrogens with one attached hydrogen (secondary N) is 1. The summed E-state index contributed by atoms with van der Waals surface area (Å²) in [6.07, 6.45) is 4.46. The predicted molar refractivity (Wildman–Crippen MR) is 139 cm³/mol. The van der Waals surface area contributed by atoms with Crippen molar-refractivity contribution in [1.29, 1.82) is 0 Å². The smallest absolute Gasteiger partial charge is 0.274 e. The topological polar surface area (TPSA) is 67.2 Å². The lowest BCUT2D eigenvalue weighted by Gasteiger charge is -2.35. The van der Waals surface area contributed by atoms with Crippen LogP contribution in [0.5, 0.6) is 0 Å². The molecule has 35 heavy (non-hydrogen) atoms. The highest BCUT2D eigenvalue weighted by molar-refractivity contribution is 9.11. The van der Waals surface area contributed by atoms with E-state index in [2.05, 4.69) is 26.2 Å². The van der Waals surface area contributed by atoms with Crippen LogP contribution in [0.1, 0.15) is 40.1 Å². The number of hydrogen-bond acceptors (Lipinski definition) is 4. The third-order valence-electron chi connectivity index (χ3n) is 6.45. The minimum absolute atomic E-state index is 0.163. The maximum atomic E-state index is 14.5. The molecule has 1 aliphatic heterocycles. The second kappa shape index (κ2) is 9.91. The van der Waals surface area contributed by atoms with Gasteiger partial charge in [-0.05, 0) is 47.3 Å². The Morgan fingerprint density at radius 1 is 1.17 bits per heavy atom. The van der Waals surface area contributed by atoms with Crippen molar-refractivity contribution < 1.29 is 14.0 Å². The Labute approximate surface area is 214 Å². The SMILES string of the molecule is Cn1cc(C(=O)NCC2CCCCN2C(=O)c2nc(Br)sc2-c2ccccc2F)c2ccccc21. The summed E-state index contributed by atoms with van der Waals surface area (Å²) in [4.78, 5) is 33.4. The van der Waals surface area contributed by atoms with Gasteiger partial charge < -0.3 is 14.8 Å². The van der Waals surface area contributed by atoms with Crippen LogP contribution in [0.2, 0.25) is 0 Å². The van der Waals surface area contributed by atoms with E-state index < -0.39 is 5.82 Å². The average Bonchev–Trinajstić information content (AvgIpc) is 3.42. The zero-order valence-corrected chi connectivity index (χ0v) is 21.5. The fourth-order valence-corrected chi connectivity index (χ4v) is 6.18. The molecule has 4 aromatic rings. The Hall–Kier alpha value is -3.04. The zero-order valence-electron chi connectivity index (χ0n) is 19.1. The number of thiazole rings is 1. The lowest BCUT2D eigenvalue weighted by atomic mass is 10.0. The number of benzene rings is 2. The van der Waals surface area contributed by atoms with Gasteiger partial charge >= 0.3 is 0 Å². The standard InChI is InChI=1S/C26H24BrFN4O2S/c1-31-15-19(17-9-3-5-12-21(17)31)24(33)29-14-16-8-6-7-13-32(16)25(34)22-23(35-26(27)30-22)18-10-2-4-11-20(18)28/h2-5,9-12,15-16H,6-8,13-14H2,1H3,(H,29,33). The lowest BCUT2D eigenvalue weighted by Crippen LogP contribution is -2.49. The molecule has 0 radical (unpaired) electrons. The van der Waals surface area contributed by atoms with Gasteiger partial charge in [-0.2, -0.15) is 0 Å². The van der Waals surface area contributed by atoms with E-state index in [0.29, 0.717) is 33.0 Å². The molecular formula is C26H24BrFN4O2S. The van der Waals surface area contributed by atoms with E-state index in [1.165, 1.54) is 17.4 Å². The van der Waals surface area contributed by atoms with Crippen LogP contribution < -0.4 is 5.32 Å². The first-order valence-corrected chi connectivity index (χ1v) is 13.1. The summed E-state index contributed by atoms with van der Waals surface area (Å²) in [5, 5.41) is 3.93. The van der Waals surface area contributed by atoms with E-state index in [4.69, 9.17) is 0 Å². The average molecular weight is 555 g/mol. The zero-order chi connectivity index (χ0) is 24.5. The van der Waals surface area contributed by atoms with Crippen LogP contribution in [0.3, 0.4) is 0 Å². The number of para-hydroxylation sites is 1. The van der Waals surface area contributed by atoms with Crippen molar-refractivity contribution in [3.05, 3.63) is 75.7 Å². The number of nitrogens with zero attached hydrogens (tertiary/aromatic N) is 3. The first-order valence-electron chi connectivity index (χ1n) is 11.5. The molecule has 1 atom stereocenters. The summed E-state index contributed by atoms with van der Waals surface area (Å²) in [6, 6.07) is 14.0. The molecule has 9 heteroatoms. The predicted octanol–water partition coefficient (Wildman–Crippen LogP) is 5.63. The summed E-state index contributed by atoms with van der Waals surface area (Å²) in [7, 11) is 1.92. The van der Waals surface area contributed by atoms with Crippen molar-refractivity contribution in [3.8, 4) is 10.4 Å². The number of carbonyl (C=O) groups excluding carboxylic acids is 2. The number of hydrogen-bond donors (Lipinski definition) is 1. The van der Waals surface area contributed by atoms with Crippen LogP contribution in [0.25, 0.3) is 21.3 Å². The molecule has 6 nitrogen and oxygen atoms in total. The van der Waals surface area contributed by atoms with Crippen LogP contribution >= 0.6 is 27.3 Å². The summed E-state index contributed by atoms with van der Waals surface area (Å²) >= 11 is 4.61. The van der Waals surface area contributed by atoms with Crippen LogP contribution in [-0.2, 0) is 7.05 Å². The molecule has 180 valence electrons. The molecule has 1 fully saturated rings. The molecule has 0 bridgehead atoms. The van der Waals surface area contributed by atoms with E-state index >= 15 is 0 Å². The molecule has 0 aliphatic carbocycles. The van der Waals surface area contributed by atoms with E-state index in [1.807, 2.05) is 42.1 Å². The summed E-state index contributed by atoms with van der Waals surface area (Å²) in [5.41, 5.74) is 2.19. The summed E-state index contributed by atoms with van der Waals surface area (Å²) < 4.78 is 17.0. The Morgan fingerprint density at radius 2 is 1.94 bits per heavy atom. The number of aromatic nitrogens is 2. The van der Waals surface area contributed by atoms with Crippen molar-refractivity contribution >= 4 is 50.0 Å². The molecule has 1 unspecified atom stereocenters. The maximum absolute atomic E-state index is 14.5. The van der Waals surface area contributed by atoms with Gasteiger partial charge in [-0.15, -0.1) is 11.3 Å². The maximum Gasteiger partial charge on any atom is 0.274 e. The first-order chi connectivity index (χ1) is 16.9.